The Morgan fingerprint density at radius 1 is 1.11 bits per heavy atom. The first-order chi connectivity index (χ1) is 16.4. The van der Waals surface area contributed by atoms with Crippen molar-refractivity contribution in [3.05, 3.63) is 29.6 Å². The van der Waals surface area contributed by atoms with Crippen molar-refractivity contribution >= 4 is 15.9 Å². The van der Waals surface area contributed by atoms with Crippen molar-refractivity contribution in [3.63, 3.8) is 0 Å². The molecule has 3 rings (SSSR count). The van der Waals surface area contributed by atoms with E-state index in [1.807, 2.05) is 4.90 Å². The van der Waals surface area contributed by atoms with Crippen LogP contribution in [0.25, 0.3) is 0 Å². The molecule has 1 aliphatic heterocycles. The fourth-order valence-electron chi connectivity index (χ4n) is 4.77. The smallest absolute Gasteiger partial charge is 0.387 e. The monoisotopic (exact) mass is 527 g/mol. The van der Waals surface area contributed by atoms with Gasteiger partial charge in [0.1, 0.15) is 17.1 Å². The fourth-order valence-corrected chi connectivity index (χ4v) is 6.26. The average Bonchev–Trinajstić information content (AvgIpc) is 2.78. The normalized spacial score (nSPS) is 21.1. The number of nitrogens with one attached hydrogen (secondary N) is 1. The van der Waals surface area contributed by atoms with Crippen LogP contribution in [0.15, 0.2) is 18.2 Å². The molecule has 0 unspecified atom stereocenters. The van der Waals surface area contributed by atoms with Crippen LogP contribution in [0.5, 0.6) is 5.75 Å². The van der Waals surface area contributed by atoms with Crippen LogP contribution < -0.4 is 10.1 Å². The molecule has 35 heavy (non-hydrogen) atoms. The number of amides is 1. The zero-order valence-electron chi connectivity index (χ0n) is 19.4. The number of benzene rings is 1. The van der Waals surface area contributed by atoms with Crippen molar-refractivity contribution in [1.82, 2.24) is 14.5 Å². The number of rotatable bonds is 9. The number of piperazine rings is 1. The summed E-state index contributed by atoms with van der Waals surface area (Å²) >= 11 is 0. The maximum Gasteiger partial charge on any atom is 0.387 e. The lowest BCUT2D eigenvalue weighted by atomic mass is 9.78. The Balaban J connectivity index is 1.77. The zero-order valence-corrected chi connectivity index (χ0v) is 20.2. The first-order valence-corrected chi connectivity index (χ1v) is 13.1. The molecule has 1 aromatic carbocycles. The highest BCUT2D eigenvalue weighted by molar-refractivity contribution is 7.89. The zero-order chi connectivity index (χ0) is 25.9. The molecule has 2 aliphatic rings. The largest absolute Gasteiger partial charge is 0.434 e. The quantitative estimate of drug-likeness (QED) is 0.498. The van der Waals surface area contributed by atoms with Crippen molar-refractivity contribution in [3.8, 4) is 5.75 Å². The number of carbonyl (C=O) groups is 1. The van der Waals surface area contributed by atoms with Crippen molar-refractivity contribution in [2.45, 2.75) is 57.1 Å². The van der Waals surface area contributed by atoms with Gasteiger partial charge in [0.2, 0.25) is 15.9 Å². The summed E-state index contributed by atoms with van der Waals surface area (Å²) in [6.07, 6.45) is -0.312. The molecule has 13 heteroatoms. The van der Waals surface area contributed by atoms with Crippen molar-refractivity contribution in [2.24, 2.45) is 0 Å². The van der Waals surface area contributed by atoms with E-state index >= 15 is 0 Å². The van der Waals surface area contributed by atoms with Gasteiger partial charge in [0.25, 0.3) is 5.91 Å². The number of halogens is 5. The van der Waals surface area contributed by atoms with Crippen LogP contribution >= 0.6 is 0 Å². The number of carbonyl (C=O) groups excluding carboxylic acids is 1. The Morgan fingerprint density at radius 3 is 2.31 bits per heavy atom. The van der Waals surface area contributed by atoms with E-state index in [1.165, 1.54) is 4.31 Å². The molecule has 1 saturated carbocycles. The molecule has 1 saturated heterocycles. The number of sulfonamides is 1. The van der Waals surface area contributed by atoms with Gasteiger partial charge in [0.05, 0.1) is 5.75 Å². The first-order valence-electron chi connectivity index (χ1n) is 11.5. The average molecular weight is 528 g/mol. The van der Waals surface area contributed by atoms with Crippen LogP contribution in [0.1, 0.15) is 49.4 Å². The lowest BCUT2D eigenvalue weighted by Gasteiger charge is -2.50. The standard InChI is InChI=1S/C22H30F5N3O4S/c1-2-14-35(32,33)30-12-10-29(11-13-30)21(6-8-22(26,27)9-7-21)15-28-19(31)18-16(23)4-3-5-17(18)34-20(24)25/h3-5,20H,2,6-15H2,1H3,(H,28,31). The van der Waals surface area contributed by atoms with Gasteiger partial charge in [-0.3, -0.25) is 9.69 Å². The molecule has 0 spiro atoms. The van der Waals surface area contributed by atoms with Gasteiger partial charge in [-0.2, -0.15) is 13.1 Å². The molecule has 198 valence electrons. The summed E-state index contributed by atoms with van der Waals surface area (Å²) in [7, 11) is -3.41. The van der Waals surface area contributed by atoms with Crippen molar-refractivity contribution in [2.75, 3.05) is 38.5 Å². The minimum atomic E-state index is -3.41. The van der Waals surface area contributed by atoms with Crippen LogP contribution in [0.3, 0.4) is 0 Å². The molecule has 1 aliphatic carbocycles. The SMILES string of the molecule is CCCS(=O)(=O)N1CCN(C2(CNC(=O)c3c(F)cccc3OC(F)F)CCC(F)(F)CC2)CC1. The molecule has 1 heterocycles. The Labute approximate surface area is 201 Å². The highest BCUT2D eigenvalue weighted by Gasteiger charge is 2.47. The van der Waals surface area contributed by atoms with Gasteiger partial charge in [0.15, 0.2) is 0 Å². The second-order valence-corrected chi connectivity index (χ2v) is 11.0. The third-order valence-corrected chi connectivity index (χ3v) is 8.75. The number of hydrogen-bond acceptors (Lipinski definition) is 5. The number of ether oxygens (including phenoxy) is 1. The lowest BCUT2D eigenvalue weighted by Crippen LogP contribution is -2.63. The third kappa shape index (κ3) is 6.62. The maximum absolute atomic E-state index is 14.3. The summed E-state index contributed by atoms with van der Waals surface area (Å²) in [5.74, 6) is -5.52. The highest BCUT2D eigenvalue weighted by Crippen LogP contribution is 2.42. The second-order valence-electron chi connectivity index (χ2n) is 8.96. The van der Waals surface area contributed by atoms with Crippen LogP contribution in [0.4, 0.5) is 22.0 Å². The van der Waals surface area contributed by atoms with Crippen LogP contribution in [0.2, 0.25) is 0 Å². The summed E-state index contributed by atoms with van der Waals surface area (Å²) in [5, 5.41) is 2.53. The topological polar surface area (TPSA) is 79.0 Å². The van der Waals surface area contributed by atoms with Gasteiger partial charge in [-0.05, 0) is 31.4 Å². The minimum Gasteiger partial charge on any atom is -0.434 e. The molecular formula is C22H30F5N3O4S. The number of alkyl halides is 4. The highest BCUT2D eigenvalue weighted by atomic mass is 32.2. The van der Waals surface area contributed by atoms with Crippen LogP contribution in [-0.4, -0.2) is 80.1 Å². The lowest BCUT2D eigenvalue weighted by molar-refractivity contribution is -0.0856. The van der Waals surface area contributed by atoms with Gasteiger partial charge in [-0.1, -0.05) is 13.0 Å². The van der Waals surface area contributed by atoms with Gasteiger partial charge in [0, 0.05) is 51.1 Å². The summed E-state index contributed by atoms with van der Waals surface area (Å²) < 4.78 is 98.1. The summed E-state index contributed by atoms with van der Waals surface area (Å²) in [5.41, 5.74) is -1.60. The molecule has 1 N–H and O–H groups in total. The van der Waals surface area contributed by atoms with E-state index in [0.29, 0.717) is 6.42 Å². The molecule has 0 aromatic heterocycles. The molecule has 0 atom stereocenters. The molecule has 0 bridgehead atoms. The van der Waals surface area contributed by atoms with Gasteiger partial charge in [-0.15, -0.1) is 0 Å². The third-order valence-electron chi connectivity index (χ3n) is 6.67. The molecular weight excluding hydrogens is 497 g/mol. The van der Waals surface area contributed by atoms with Gasteiger partial charge in [-0.25, -0.2) is 21.6 Å². The number of hydrogen-bond donors (Lipinski definition) is 1. The van der Waals surface area contributed by atoms with E-state index in [2.05, 4.69) is 10.1 Å². The van der Waals surface area contributed by atoms with Crippen molar-refractivity contribution < 1.29 is 39.9 Å². The van der Waals surface area contributed by atoms with Crippen molar-refractivity contribution in [1.29, 1.82) is 0 Å². The Bertz CT molecular complexity index is 991. The predicted molar refractivity (Wildman–Crippen MR) is 119 cm³/mol. The predicted octanol–water partition coefficient (Wildman–Crippen LogP) is 3.46. The van der Waals surface area contributed by atoms with Gasteiger partial charge < -0.3 is 10.1 Å². The van der Waals surface area contributed by atoms with E-state index in [4.69, 9.17) is 0 Å². The summed E-state index contributed by atoms with van der Waals surface area (Å²) in [6.45, 7) is -0.696. The van der Waals surface area contributed by atoms with Crippen LogP contribution in [0, 0.1) is 5.82 Å². The molecule has 7 nitrogen and oxygen atoms in total. The van der Waals surface area contributed by atoms with Crippen LogP contribution in [-0.2, 0) is 10.0 Å². The van der Waals surface area contributed by atoms with E-state index in [-0.39, 0.29) is 51.3 Å². The molecule has 1 amide bonds. The fraction of sp³-hybridized carbons (Fsp3) is 0.682. The second kappa shape index (κ2) is 11.0. The minimum absolute atomic E-state index is 0.0199. The van der Waals surface area contributed by atoms with Gasteiger partial charge >= 0.3 is 6.61 Å². The summed E-state index contributed by atoms with van der Waals surface area (Å²) in [6, 6.07) is 3.10. The Morgan fingerprint density at radius 2 is 1.74 bits per heavy atom. The van der Waals surface area contributed by atoms with E-state index in [0.717, 1.165) is 18.2 Å². The van der Waals surface area contributed by atoms with E-state index < -0.39 is 64.0 Å². The van der Waals surface area contributed by atoms with E-state index in [1.54, 1.807) is 6.92 Å². The summed E-state index contributed by atoms with van der Waals surface area (Å²) in [4.78, 5) is 14.7. The maximum atomic E-state index is 14.3. The Hall–Kier alpha value is -1.99. The van der Waals surface area contributed by atoms with E-state index in [9.17, 15) is 35.2 Å². The number of nitrogens with zero attached hydrogens (tertiary/aromatic N) is 2. The molecule has 2 fully saturated rings. The molecule has 1 aromatic rings. The Kier molecular flexibility index (Phi) is 8.64. The molecule has 0 radical (unpaired) electrons. The first kappa shape index (κ1) is 27.6.